The van der Waals surface area contributed by atoms with Gasteiger partial charge in [0, 0.05) is 25.6 Å². The molecule has 0 spiro atoms. The number of H-pyrrole nitrogens is 1. The van der Waals surface area contributed by atoms with E-state index < -0.39 is 9.84 Å². The first kappa shape index (κ1) is 11.8. The van der Waals surface area contributed by atoms with Gasteiger partial charge in [-0.1, -0.05) is 0 Å². The van der Waals surface area contributed by atoms with Crippen LogP contribution in [0.1, 0.15) is 12.0 Å². The van der Waals surface area contributed by atoms with Gasteiger partial charge in [0.25, 0.3) is 0 Å². The van der Waals surface area contributed by atoms with Crippen molar-refractivity contribution >= 4 is 9.84 Å². The molecule has 0 saturated heterocycles. The van der Waals surface area contributed by atoms with Gasteiger partial charge in [-0.25, -0.2) is 13.4 Å². The van der Waals surface area contributed by atoms with Crippen molar-refractivity contribution in [2.45, 2.75) is 18.0 Å². The van der Waals surface area contributed by atoms with Crippen LogP contribution in [-0.2, 0) is 23.3 Å². The Hall–Kier alpha value is -1.63. The average Bonchev–Trinajstić information content (AvgIpc) is 2.88. The van der Waals surface area contributed by atoms with Crippen molar-refractivity contribution in [3.63, 3.8) is 0 Å². The number of aromatic nitrogens is 4. The molecule has 1 N–H and O–H groups in total. The fourth-order valence-corrected chi connectivity index (χ4v) is 3.05. The summed E-state index contributed by atoms with van der Waals surface area (Å²) in [5.74, 6) is 0.100. The highest BCUT2D eigenvalue weighted by Crippen LogP contribution is 2.10. The molecule has 2 rings (SSSR count). The van der Waals surface area contributed by atoms with Crippen molar-refractivity contribution in [1.29, 1.82) is 0 Å². The third kappa shape index (κ3) is 2.73. The van der Waals surface area contributed by atoms with Crippen LogP contribution >= 0.6 is 0 Å². The molecule has 0 bridgehead atoms. The first-order valence-corrected chi connectivity index (χ1v) is 6.92. The Morgan fingerprint density at radius 3 is 2.88 bits per heavy atom. The lowest BCUT2D eigenvalue weighted by atomic mass is 10.2. The Balaban J connectivity index is 1.97. The molecule has 0 radical (unpaired) electrons. The molecular weight excluding hydrogens is 240 g/mol. The van der Waals surface area contributed by atoms with Crippen LogP contribution < -0.4 is 0 Å². The van der Waals surface area contributed by atoms with Crippen molar-refractivity contribution < 1.29 is 8.42 Å². The second-order valence-corrected chi connectivity index (χ2v) is 5.85. The van der Waals surface area contributed by atoms with Crippen LogP contribution in [-0.4, -0.2) is 33.9 Å². The average molecular weight is 254 g/mol. The first-order chi connectivity index (χ1) is 8.09. The van der Waals surface area contributed by atoms with Crippen LogP contribution in [0.3, 0.4) is 0 Å². The van der Waals surface area contributed by atoms with E-state index >= 15 is 0 Å². The zero-order valence-corrected chi connectivity index (χ0v) is 10.3. The van der Waals surface area contributed by atoms with Crippen LogP contribution in [0.5, 0.6) is 0 Å². The van der Waals surface area contributed by atoms with Gasteiger partial charge in [0.15, 0.2) is 0 Å². The van der Waals surface area contributed by atoms with Crippen LogP contribution in [0.25, 0.3) is 0 Å². The summed E-state index contributed by atoms with van der Waals surface area (Å²) in [7, 11) is -1.60. The molecule has 2 aromatic heterocycles. The third-order valence-electron chi connectivity index (χ3n) is 2.49. The molecule has 0 aliphatic heterocycles. The number of hydrogen-bond acceptors (Lipinski definition) is 4. The quantitative estimate of drug-likeness (QED) is 0.845. The highest BCUT2D eigenvalue weighted by atomic mass is 32.2. The summed E-state index contributed by atoms with van der Waals surface area (Å²) in [6.07, 6.45) is 7.85. The third-order valence-corrected chi connectivity index (χ3v) is 4.26. The molecule has 0 unspecified atom stereocenters. The Morgan fingerprint density at radius 2 is 2.29 bits per heavy atom. The zero-order valence-electron chi connectivity index (χ0n) is 9.50. The zero-order chi connectivity index (χ0) is 12.3. The van der Waals surface area contributed by atoms with Gasteiger partial charge in [-0.2, -0.15) is 5.10 Å². The summed E-state index contributed by atoms with van der Waals surface area (Å²) in [4.78, 5) is 3.86. The topological polar surface area (TPSA) is 80.6 Å². The predicted octanol–water partition coefficient (Wildman–Crippen LogP) is 0.550. The first-order valence-electron chi connectivity index (χ1n) is 5.27. The van der Waals surface area contributed by atoms with E-state index in [0.717, 1.165) is 5.56 Å². The highest BCUT2D eigenvalue weighted by Gasteiger charge is 2.18. The number of hydrogen-bond donors (Lipinski definition) is 1. The second kappa shape index (κ2) is 4.70. The molecular formula is C10H14N4O2S. The van der Waals surface area contributed by atoms with Gasteiger partial charge in [0.2, 0.25) is 15.0 Å². The predicted molar refractivity (Wildman–Crippen MR) is 62.2 cm³/mol. The fraction of sp³-hybridized carbons (Fsp3) is 0.400. The van der Waals surface area contributed by atoms with Crippen molar-refractivity contribution in [1.82, 2.24) is 19.7 Å². The Bertz CT molecular complexity index is 571. The number of rotatable bonds is 5. The minimum Gasteiger partial charge on any atom is -0.325 e. The van der Waals surface area contributed by atoms with Crippen LogP contribution in [0.15, 0.2) is 29.9 Å². The summed E-state index contributed by atoms with van der Waals surface area (Å²) in [5, 5.41) is 6.64. The number of nitrogens with one attached hydrogen (secondary N) is 1. The van der Waals surface area contributed by atoms with Crippen LogP contribution in [0.4, 0.5) is 0 Å². The lowest BCUT2D eigenvalue weighted by Crippen LogP contribution is -2.12. The summed E-state index contributed by atoms with van der Waals surface area (Å²) >= 11 is 0. The molecule has 0 aliphatic carbocycles. The second-order valence-electron chi connectivity index (χ2n) is 3.85. The van der Waals surface area contributed by atoms with Gasteiger partial charge in [0.1, 0.15) is 0 Å². The SMILES string of the molecule is Cn1ccnc1S(=O)(=O)CCCc1cn[nH]c1. The van der Waals surface area contributed by atoms with E-state index in [1.807, 2.05) is 0 Å². The van der Waals surface area contributed by atoms with Crippen molar-refractivity contribution in [2.75, 3.05) is 5.75 Å². The maximum atomic E-state index is 11.9. The number of aryl methyl sites for hydroxylation is 2. The molecule has 0 aliphatic rings. The Kier molecular flexibility index (Phi) is 3.28. The van der Waals surface area contributed by atoms with E-state index in [1.165, 1.54) is 10.8 Å². The molecule has 92 valence electrons. The number of sulfone groups is 1. The number of aromatic amines is 1. The van der Waals surface area contributed by atoms with Crippen molar-refractivity contribution in [2.24, 2.45) is 7.05 Å². The molecule has 0 aromatic carbocycles. The molecule has 0 amide bonds. The van der Waals surface area contributed by atoms with Crippen LogP contribution in [0, 0.1) is 0 Å². The summed E-state index contributed by atoms with van der Waals surface area (Å²) in [6.45, 7) is 0. The normalized spacial score (nSPS) is 11.8. The van der Waals surface area contributed by atoms with Gasteiger partial charge < -0.3 is 4.57 Å². The minimum absolute atomic E-state index is 0.100. The minimum atomic E-state index is -3.28. The molecule has 0 atom stereocenters. The largest absolute Gasteiger partial charge is 0.325 e. The van der Waals surface area contributed by atoms with E-state index in [4.69, 9.17) is 0 Å². The molecule has 0 saturated carbocycles. The lowest BCUT2D eigenvalue weighted by molar-refractivity contribution is 0.576. The van der Waals surface area contributed by atoms with E-state index in [-0.39, 0.29) is 10.9 Å². The van der Waals surface area contributed by atoms with E-state index in [1.54, 1.807) is 25.6 Å². The van der Waals surface area contributed by atoms with E-state index in [9.17, 15) is 8.42 Å². The summed E-state index contributed by atoms with van der Waals surface area (Å²) in [5.41, 5.74) is 1.01. The maximum Gasteiger partial charge on any atom is 0.227 e. The Labute approximate surface area is 99.6 Å². The highest BCUT2D eigenvalue weighted by molar-refractivity contribution is 7.91. The lowest BCUT2D eigenvalue weighted by Gasteiger charge is -2.03. The molecule has 7 heteroatoms. The molecule has 2 aromatic rings. The van der Waals surface area contributed by atoms with Gasteiger partial charge in [-0.3, -0.25) is 5.10 Å². The summed E-state index contributed by atoms with van der Waals surface area (Å²) in [6, 6.07) is 0. The molecule has 17 heavy (non-hydrogen) atoms. The fourth-order valence-electron chi connectivity index (χ4n) is 1.62. The van der Waals surface area contributed by atoms with Gasteiger partial charge in [0.05, 0.1) is 11.9 Å². The smallest absolute Gasteiger partial charge is 0.227 e. The Morgan fingerprint density at radius 1 is 1.47 bits per heavy atom. The molecule has 6 nitrogen and oxygen atoms in total. The van der Waals surface area contributed by atoms with Crippen molar-refractivity contribution in [3.05, 3.63) is 30.4 Å². The number of imidazole rings is 1. The maximum absolute atomic E-state index is 11.9. The monoisotopic (exact) mass is 254 g/mol. The van der Waals surface area contributed by atoms with Gasteiger partial charge >= 0.3 is 0 Å². The van der Waals surface area contributed by atoms with Crippen LogP contribution in [0.2, 0.25) is 0 Å². The van der Waals surface area contributed by atoms with E-state index in [0.29, 0.717) is 12.8 Å². The standard InChI is InChI=1S/C10H14N4O2S/c1-14-5-4-11-10(14)17(15,16)6-2-3-9-7-12-13-8-9/h4-5,7-8H,2-3,6H2,1H3,(H,12,13). The van der Waals surface area contributed by atoms with Gasteiger partial charge in [-0.05, 0) is 18.4 Å². The molecule has 0 fully saturated rings. The summed E-state index contributed by atoms with van der Waals surface area (Å²) < 4.78 is 25.4. The van der Waals surface area contributed by atoms with Crippen molar-refractivity contribution in [3.8, 4) is 0 Å². The van der Waals surface area contributed by atoms with Gasteiger partial charge in [-0.15, -0.1) is 0 Å². The molecule has 2 heterocycles. The van der Waals surface area contributed by atoms with E-state index in [2.05, 4.69) is 15.2 Å². The number of nitrogens with zero attached hydrogens (tertiary/aromatic N) is 3.